The molecule has 0 fully saturated rings. The lowest BCUT2D eigenvalue weighted by atomic mass is 10.1. The summed E-state index contributed by atoms with van der Waals surface area (Å²) < 4.78 is 1.01. The van der Waals surface area contributed by atoms with Crippen molar-refractivity contribution in [2.45, 2.75) is 26.7 Å². The second-order valence-corrected chi connectivity index (χ2v) is 6.22. The van der Waals surface area contributed by atoms with Gasteiger partial charge in [-0.2, -0.15) is 0 Å². The first-order chi connectivity index (χ1) is 9.02. The fourth-order valence-electron chi connectivity index (χ4n) is 1.91. The molecule has 1 heterocycles. The molecule has 0 atom stereocenters. The molecule has 0 saturated carbocycles. The number of carboxylic acid groups (broad SMARTS) is 1. The average molecular weight is 340 g/mol. The molecule has 0 saturated heterocycles. The van der Waals surface area contributed by atoms with Crippen LogP contribution < -0.4 is 0 Å². The molecule has 0 bridgehead atoms. The monoisotopic (exact) mass is 339 g/mol. The fourth-order valence-corrected chi connectivity index (χ4v) is 3.42. The molecule has 100 valence electrons. The van der Waals surface area contributed by atoms with E-state index in [0.717, 1.165) is 27.0 Å². The Morgan fingerprint density at radius 3 is 2.79 bits per heavy atom. The van der Waals surface area contributed by atoms with Crippen molar-refractivity contribution in [1.29, 1.82) is 0 Å². The Hall–Kier alpha value is -1.20. The van der Waals surface area contributed by atoms with E-state index in [0.29, 0.717) is 17.0 Å². The summed E-state index contributed by atoms with van der Waals surface area (Å²) in [7, 11) is 0. The van der Waals surface area contributed by atoms with Crippen LogP contribution in [0.15, 0.2) is 22.7 Å². The van der Waals surface area contributed by atoms with Crippen molar-refractivity contribution >= 4 is 33.2 Å². The number of aryl methyl sites for hydroxylation is 2. The van der Waals surface area contributed by atoms with Crippen molar-refractivity contribution in [3.8, 4) is 10.6 Å². The molecular weight excluding hydrogens is 326 g/mol. The minimum atomic E-state index is -0.887. The first-order valence-corrected chi connectivity index (χ1v) is 7.63. The highest BCUT2D eigenvalue weighted by atomic mass is 79.9. The molecule has 2 aromatic rings. The van der Waals surface area contributed by atoms with Gasteiger partial charge in [-0.25, -0.2) is 9.78 Å². The number of carboxylic acids is 1. The highest BCUT2D eigenvalue weighted by Crippen LogP contribution is 2.32. The van der Waals surface area contributed by atoms with E-state index in [1.807, 2.05) is 32.0 Å². The van der Waals surface area contributed by atoms with Crippen LogP contribution in [0.5, 0.6) is 0 Å². The van der Waals surface area contributed by atoms with Crippen molar-refractivity contribution in [2.24, 2.45) is 0 Å². The number of carbonyl (C=O) groups is 1. The van der Waals surface area contributed by atoms with Crippen molar-refractivity contribution < 1.29 is 9.90 Å². The van der Waals surface area contributed by atoms with Crippen molar-refractivity contribution in [1.82, 2.24) is 4.98 Å². The first-order valence-electron chi connectivity index (χ1n) is 6.02. The van der Waals surface area contributed by atoms with Crippen LogP contribution in [-0.4, -0.2) is 16.1 Å². The van der Waals surface area contributed by atoms with Gasteiger partial charge in [0.05, 0.1) is 5.69 Å². The van der Waals surface area contributed by atoms with Gasteiger partial charge in [0.25, 0.3) is 0 Å². The topological polar surface area (TPSA) is 50.2 Å². The zero-order chi connectivity index (χ0) is 14.0. The molecule has 1 aromatic heterocycles. The second kappa shape index (κ2) is 5.84. The molecule has 3 nitrogen and oxygen atoms in total. The van der Waals surface area contributed by atoms with Crippen LogP contribution in [0, 0.1) is 6.92 Å². The van der Waals surface area contributed by atoms with Crippen molar-refractivity contribution in [3.63, 3.8) is 0 Å². The van der Waals surface area contributed by atoms with Gasteiger partial charge in [-0.15, -0.1) is 11.3 Å². The number of thiazole rings is 1. The van der Waals surface area contributed by atoms with Crippen molar-refractivity contribution in [3.05, 3.63) is 38.8 Å². The normalized spacial score (nSPS) is 10.7. The number of hydrogen-bond acceptors (Lipinski definition) is 3. The zero-order valence-corrected chi connectivity index (χ0v) is 13.1. The van der Waals surface area contributed by atoms with Crippen LogP contribution in [0.3, 0.4) is 0 Å². The van der Waals surface area contributed by atoms with E-state index in [9.17, 15) is 9.90 Å². The van der Waals surface area contributed by atoms with Crippen LogP contribution >= 0.6 is 27.3 Å². The second-order valence-electron chi connectivity index (χ2n) is 4.31. The van der Waals surface area contributed by atoms with Crippen LogP contribution in [0.4, 0.5) is 0 Å². The third kappa shape index (κ3) is 3.04. The molecule has 2 rings (SSSR count). The lowest BCUT2D eigenvalue weighted by Crippen LogP contribution is -1.98. The van der Waals surface area contributed by atoms with E-state index < -0.39 is 5.97 Å². The molecule has 0 aliphatic heterocycles. The molecule has 1 aromatic carbocycles. The predicted octanol–water partition coefficient (Wildman–Crippen LogP) is 4.53. The zero-order valence-electron chi connectivity index (χ0n) is 10.7. The molecule has 0 unspecified atom stereocenters. The van der Waals surface area contributed by atoms with Crippen LogP contribution in [0.1, 0.15) is 34.3 Å². The van der Waals surface area contributed by atoms with Crippen LogP contribution in [0.2, 0.25) is 0 Å². The summed E-state index contributed by atoms with van der Waals surface area (Å²) in [4.78, 5) is 16.1. The maximum atomic E-state index is 11.2. The Bertz CT molecular complexity index is 622. The number of hydrogen-bond donors (Lipinski definition) is 1. The van der Waals surface area contributed by atoms with Gasteiger partial charge in [0.1, 0.15) is 9.88 Å². The standard InChI is InChI=1S/C14H14BrNO2S/c1-3-4-11-12(14(17)18)19-13(16-11)10-6-5-9(15)7-8(10)2/h5-7H,3-4H2,1-2H3,(H,17,18). The number of halogens is 1. The minimum Gasteiger partial charge on any atom is -0.477 e. The van der Waals surface area contributed by atoms with Gasteiger partial charge in [0.2, 0.25) is 0 Å². The Morgan fingerprint density at radius 2 is 2.21 bits per heavy atom. The van der Waals surface area contributed by atoms with E-state index >= 15 is 0 Å². The SMILES string of the molecule is CCCc1nc(-c2ccc(Br)cc2C)sc1C(=O)O. The lowest BCUT2D eigenvalue weighted by molar-refractivity contribution is 0.0700. The largest absolute Gasteiger partial charge is 0.477 e. The van der Waals surface area contributed by atoms with Crippen molar-refractivity contribution in [2.75, 3.05) is 0 Å². The van der Waals surface area contributed by atoms with Gasteiger partial charge < -0.3 is 5.11 Å². The van der Waals surface area contributed by atoms with E-state index in [1.165, 1.54) is 11.3 Å². The Morgan fingerprint density at radius 1 is 1.47 bits per heavy atom. The number of aromatic carboxylic acids is 1. The maximum absolute atomic E-state index is 11.2. The minimum absolute atomic E-state index is 0.360. The Balaban J connectivity index is 2.50. The smallest absolute Gasteiger partial charge is 0.347 e. The van der Waals surface area contributed by atoms with E-state index in [-0.39, 0.29) is 0 Å². The van der Waals surface area contributed by atoms with Gasteiger partial charge in [-0.1, -0.05) is 35.3 Å². The molecule has 0 aliphatic rings. The quantitative estimate of drug-likeness (QED) is 0.889. The van der Waals surface area contributed by atoms with E-state index in [1.54, 1.807) is 0 Å². The summed E-state index contributed by atoms with van der Waals surface area (Å²) in [5.74, 6) is -0.887. The van der Waals surface area contributed by atoms with Crippen LogP contribution in [-0.2, 0) is 6.42 Å². The number of aromatic nitrogens is 1. The highest BCUT2D eigenvalue weighted by Gasteiger charge is 2.18. The average Bonchev–Trinajstić information content (AvgIpc) is 2.73. The van der Waals surface area contributed by atoms with Gasteiger partial charge >= 0.3 is 5.97 Å². The molecule has 0 spiro atoms. The van der Waals surface area contributed by atoms with Gasteiger partial charge in [-0.05, 0) is 31.0 Å². The first kappa shape index (κ1) is 14.2. The highest BCUT2D eigenvalue weighted by molar-refractivity contribution is 9.10. The Kier molecular flexibility index (Phi) is 4.37. The molecule has 0 amide bonds. The molecule has 0 radical (unpaired) electrons. The number of rotatable bonds is 4. The summed E-state index contributed by atoms with van der Waals surface area (Å²) in [6, 6.07) is 5.93. The lowest BCUT2D eigenvalue weighted by Gasteiger charge is -2.02. The third-order valence-electron chi connectivity index (χ3n) is 2.80. The predicted molar refractivity (Wildman–Crippen MR) is 80.9 cm³/mol. The number of benzene rings is 1. The van der Waals surface area contributed by atoms with Crippen LogP contribution in [0.25, 0.3) is 10.6 Å². The third-order valence-corrected chi connectivity index (χ3v) is 4.41. The van der Waals surface area contributed by atoms with Gasteiger partial charge in [0, 0.05) is 10.0 Å². The molecule has 19 heavy (non-hydrogen) atoms. The Labute approximate surface area is 124 Å². The summed E-state index contributed by atoms with van der Waals surface area (Å²) in [6.45, 7) is 4.02. The molecule has 5 heteroatoms. The summed E-state index contributed by atoms with van der Waals surface area (Å²) in [5, 5.41) is 10.0. The van der Waals surface area contributed by atoms with Gasteiger partial charge in [-0.3, -0.25) is 0 Å². The fraction of sp³-hybridized carbons (Fsp3) is 0.286. The van der Waals surface area contributed by atoms with Gasteiger partial charge in [0.15, 0.2) is 0 Å². The van der Waals surface area contributed by atoms with E-state index in [2.05, 4.69) is 20.9 Å². The number of nitrogens with zero attached hydrogens (tertiary/aromatic N) is 1. The molecule has 0 aliphatic carbocycles. The van der Waals surface area contributed by atoms with E-state index in [4.69, 9.17) is 0 Å². The molecule has 1 N–H and O–H groups in total. The summed E-state index contributed by atoms with van der Waals surface area (Å²) in [5.41, 5.74) is 2.78. The maximum Gasteiger partial charge on any atom is 0.347 e. The summed E-state index contributed by atoms with van der Waals surface area (Å²) >= 11 is 4.68. The summed E-state index contributed by atoms with van der Waals surface area (Å²) in [6.07, 6.45) is 1.59. The molecular formula is C14H14BrNO2S.